The van der Waals surface area contributed by atoms with Gasteiger partial charge in [-0.3, -0.25) is 14.3 Å². The molecule has 2 aromatic rings. The third-order valence-corrected chi connectivity index (χ3v) is 3.25. The van der Waals surface area contributed by atoms with Gasteiger partial charge in [0.25, 0.3) is 5.56 Å². The normalized spacial score (nSPS) is 14.1. The van der Waals surface area contributed by atoms with Gasteiger partial charge in [-0.25, -0.2) is 4.68 Å². The molecule has 1 aromatic heterocycles. The minimum absolute atomic E-state index is 0.0321. The van der Waals surface area contributed by atoms with E-state index in [4.69, 9.17) is 0 Å². The molecule has 0 aliphatic heterocycles. The van der Waals surface area contributed by atoms with Gasteiger partial charge in [-0.1, -0.05) is 18.2 Å². The quantitative estimate of drug-likeness (QED) is 0.738. The van der Waals surface area contributed by atoms with Crippen molar-refractivity contribution in [3.05, 3.63) is 51.9 Å². The molecule has 86 valence electrons. The van der Waals surface area contributed by atoms with Crippen LogP contribution in [0.5, 0.6) is 0 Å². The van der Waals surface area contributed by atoms with Gasteiger partial charge >= 0.3 is 0 Å². The number of fused-ring (bicyclic) bond motifs is 1. The molecule has 4 nitrogen and oxygen atoms in total. The molecule has 0 unspecified atom stereocenters. The molecule has 0 N–H and O–H groups in total. The Morgan fingerprint density at radius 2 is 1.76 bits per heavy atom. The number of carbonyl (C=O) groups is 1. The zero-order valence-electron chi connectivity index (χ0n) is 9.51. The maximum absolute atomic E-state index is 12.2. The van der Waals surface area contributed by atoms with E-state index in [1.807, 2.05) is 37.4 Å². The maximum atomic E-state index is 12.2. The summed E-state index contributed by atoms with van der Waals surface area (Å²) in [5, 5.41) is 0. The summed E-state index contributed by atoms with van der Waals surface area (Å²) in [7, 11) is 1.83. The molecule has 0 atom stereocenters. The Balaban J connectivity index is 2.31. The highest BCUT2D eigenvalue weighted by Crippen LogP contribution is 2.20. The Kier molecular flexibility index (Phi) is 2.04. The van der Waals surface area contributed by atoms with E-state index in [0.29, 0.717) is 18.4 Å². The standard InChI is InChI=1S/C13H12N2O2/c1-14-10-7-8-11(16)12(10)13(17)15(14)9-5-3-2-4-6-9/h2-6H,7-8H2,1H3. The largest absolute Gasteiger partial charge is 0.294 e. The third kappa shape index (κ3) is 1.30. The predicted octanol–water partition coefficient (Wildman–Crippen LogP) is 1.30. The van der Waals surface area contributed by atoms with E-state index in [0.717, 1.165) is 11.4 Å². The van der Waals surface area contributed by atoms with Crippen LogP contribution in [0.2, 0.25) is 0 Å². The molecule has 0 fully saturated rings. The van der Waals surface area contributed by atoms with E-state index in [9.17, 15) is 9.59 Å². The molecule has 4 heteroatoms. The molecule has 0 bridgehead atoms. The number of para-hydroxylation sites is 1. The van der Waals surface area contributed by atoms with Crippen LogP contribution in [0.3, 0.4) is 0 Å². The first-order chi connectivity index (χ1) is 8.20. The SMILES string of the molecule is Cn1c2c(c(=O)n1-c1ccccc1)C(=O)CC2. The van der Waals surface area contributed by atoms with Crippen LogP contribution in [-0.4, -0.2) is 15.1 Å². The molecule has 0 saturated carbocycles. The fraction of sp³-hybridized carbons (Fsp3) is 0.231. The number of nitrogens with zero attached hydrogens (tertiary/aromatic N) is 2. The number of rotatable bonds is 1. The Morgan fingerprint density at radius 1 is 1.06 bits per heavy atom. The number of Topliss-reactive ketones (excluding diaryl/α,β-unsaturated/α-hetero) is 1. The number of benzene rings is 1. The summed E-state index contributed by atoms with van der Waals surface area (Å²) in [5.74, 6) is -0.0321. The van der Waals surface area contributed by atoms with Crippen LogP contribution in [0.1, 0.15) is 22.5 Å². The minimum atomic E-state index is -0.198. The number of carbonyl (C=O) groups excluding carboxylic acids is 1. The van der Waals surface area contributed by atoms with Gasteiger partial charge in [0.1, 0.15) is 5.56 Å². The third-order valence-electron chi connectivity index (χ3n) is 3.25. The van der Waals surface area contributed by atoms with Crippen molar-refractivity contribution in [1.29, 1.82) is 0 Å². The Hall–Kier alpha value is -2.10. The smallest absolute Gasteiger partial charge is 0.282 e. The van der Waals surface area contributed by atoms with E-state index in [1.54, 1.807) is 9.36 Å². The lowest BCUT2D eigenvalue weighted by atomic mass is 10.2. The van der Waals surface area contributed by atoms with Crippen LogP contribution >= 0.6 is 0 Å². The van der Waals surface area contributed by atoms with Crippen molar-refractivity contribution >= 4 is 5.78 Å². The van der Waals surface area contributed by atoms with E-state index in [-0.39, 0.29) is 11.3 Å². The van der Waals surface area contributed by atoms with E-state index in [1.165, 1.54) is 0 Å². The molecular formula is C13H12N2O2. The summed E-state index contributed by atoms with van der Waals surface area (Å²) in [4.78, 5) is 23.9. The van der Waals surface area contributed by atoms with E-state index < -0.39 is 0 Å². The van der Waals surface area contributed by atoms with Crippen molar-refractivity contribution in [3.8, 4) is 5.69 Å². The molecule has 17 heavy (non-hydrogen) atoms. The Bertz CT molecular complexity index is 650. The summed E-state index contributed by atoms with van der Waals surface area (Å²) >= 11 is 0. The van der Waals surface area contributed by atoms with E-state index >= 15 is 0 Å². The van der Waals surface area contributed by atoms with Gasteiger partial charge in [-0.05, 0) is 18.6 Å². The van der Waals surface area contributed by atoms with Crippen molar-refractivity contribution in [2.45, 2.75) is 12.8 Å². The van der Waals surface area contributed by atoms with Gasteiger partial charge in [-0.15, -0.1) is 0 Å². The van der Waals surface area contributed by atoms with Gasteiger partial charge in [-0.2, -0.15) is 0 Å². The van der Waals surface area contributed by atoms with Crippen molar-refractivity contribution in [2.24, 2.45) is 7.05 Å². The highest BCUT2D eigenvalue weighted by Gasteiger charge is 2.29. The van der Waals surface area contributed by atoms with Crippen LogP contribution in [-0.2, 0) is 13.5 Å². The van der Waals surface area contributed by atoms with Crippen LogP contribution in [0.15, 0.2) is 35.1 Å². The summed E-state index contributed by atoms with van der Waals surface area (Å²) in [6, 6.07) is 9.38. The van der Waals surface area contributed by atoms with Crippen LogP contribution in [0.4, 0.5) is 0 Å². The van der Waals surface area contributed by atoms with Gasteiger partial charge < -0.3 is 0 Å². The van der Waals surface area contributed by atoms with Crippen LogP contribution in [0, 0.1) is 0 Å². The Morgan fingerprint density at radius 3 is 2.41 bits per heavy atom. The summed E-state index contributed by atoms with van der Waals surface area (Å²) in [5.41, 5.74) is 1.82. The maximum Gasteiger partial charge on any atom is 0.282 e. The highest BCUT2D eigenvalue weighted by atomic mass is 16.2. The summed E-state index contributed by atoms with van der Waals surface area (Å²) in [6.07, 6.45) is 1.13. The number of hydrogen-bond acceptors (Lipinski definition) is 2. The first-order valence-corrected chi connectivity index (χ1v) is 5.59. The number of aromatic nitrogens is 2. The van der Waals surface area contributed by atoms with E-state index in [2.05, 4.69) is 0 Å². The van der Waals surface area contributed by atoms with Gasteiger partial charge in [0, 0.05) is 13.5 Å². The van der Waals surface area contributed by atoms with Crippen LogP contribution in [0.25, 0.3) is 5.69 Å². The lowest BCUT2D eigenvalue weighted by Gasteiger charge is -2.08. The molecular weight excluding hydrogens is 216 g/mol. The molecule has 0 amide bonds. The van der Waals surface area contributed by atoms with Crippen LogP contribution < -0.4 is 5.56 Å². The molecule has 3 rings (SSSR count). The van der Waals surface area contributed by atoms with Crippen molar-refractivity contribution < 1.29 is 4.79 Å². The zero-order chi connectivity index (χ0) is 12.0. The topological polar surface area (TPSA) is 44.0 Å². The first kappa shape index (κ1) is 10.1. The average molecular weight is 228 g/mol. The molecule has 1 aliphatic rings. The fourth-order valence-electron chi connectivity index (χ4n) is 2.43. The Labute approximate surface area is 98.1 Å². The molecule has 1 aromatic carbocycles. The number of hydrogen-bond donors (Lipinski definition) is 0. The monoisotopic (exact) mass is 228 g/mol. The molecule has 0 saturated heterocycles. The predicted molar refractivity (Wildman–Crippen MR) is 63.7 cm³/mol. The summed E-state index contributed by atoms with van der Waals surface area (Å²) in [6.45, 7) is 0. The molecule has 1 aliphatic carbocycles. The zero-order valence-corrected chi connectivity index (χ0v) is 9.51. The van der Waals surface area contributed by atoms with Gasteiger partial charge in [0.15, 0.2) is 5.78 Å². The summed E-state index contributed by atoms with van der Waals surface area (Å²) < 4.78 is 3.35. The average Bonchev–Trinajstić information content (AvgIpc) is 2.82. The lowest BCUT2D eigenvalue weighted by molar-refractivity contribution is 0.0993. The first-order valence-electron chi connectivity index (χ1n) is 5.59. The highest BCUT2D eigenvalue weighted by molar-refractivity contribution is 5.99. The second-order valence-electron chi connectivity index (χ2n) is 4.22. The fourth-order valence-corrected chi connectivity index (χ4v) is 2.43. The molecule has 0 radical (unpaired) electrons. The van der Waals surface area contributed by atoms with Crippen molar-refractivity contribution in [3.63, 3.8) is 0 Å². The van der Waals surface area contributed by atoms with Crippen molar-refractivity contribution in [2.75, 3.05) is 0 Å². The second-order valence-corrected chi connectivity index (χ2v) is 4.22. The van der Waals surface area contributed by atoms with Gasteiger partial charge in [0.05, 0.1) is 11.4 Å². The number of ketones is 1. The van der Waals surface area contributed by atoms with Crippen molar-refractivity contribution in [1.82, 2.24) is 9.36 Å². The lowest BCUT2D eigenvalue weighted by Crippen LogP contribution is -2.22. The minimum Gasteiger partial charge on any atom is -0.294 e. The molecule has 1 heterocycles. The second kappa shape index (κ2) is 3.45. The molecule has 0 spiro atoms. The van der Waals surface area contributed by atoms with Gasteiger partial charge in [0.2, 0.25) is 0 Å².